The average Bonchev–Trinajstić information content (AvgIpc) is 3.16. The lowest BCUT2D eigenvalue weighted by atomic mass is 10.3. The Morgan fingerprint density at radius 2 is 2.17 bits per heavy atom. The molecule has 0 aliphatic heterocycles. The summed E-state index contributed by atoms with van der Waals surface area (Å²) < 4.78 is 34.7. The fourth-order valence-electron chi connectivity index (χ4n) is 2.18. The second-order valence-corrected chi connectivity index (χ2v) is 8.95. The third-order valence-electron chi connectivity index (χ3n) is 3.44. The molecule has 9 heteroatoms. The Balaban J connectivity index is 1.61. The number of hydrogen-bond donors (Lipinski definition) is 1. The fourth-order valence-corrected chi connectivity index (χ4v) is 5.12. The molecule has 0 aliphatic rings. The van der Waals surface area contributed by atoms with Crippen LogP contribution >= 0.6 is 23.1 Å². The van der Waals surface area contributed by atoms with Gasteiger partial charge in [0.2, 0.25) is 10.0 Å². The van der Waals surface area contributed by atoms with Gasteiger partial charge in [0.05, 0.1) is 27.1 Å². The highest BCUT2D eigenvalue weighted by Crippen LogP contribution is 2.21. The molecule has 0 amide bonds. The van der Waals surface area contributed by atoms with Gasteiger partial charge in [0, 0.05) is 19.3 Å². The number of benzene rings is 1. The number of thiazole rings is 1. The Hall–Kier alpha value is -1.55. The number of aryl methyl sites for hydroxylation is 1. The summed E-state index contributed by atoms with van der Waals surface area (Å²) in [5, 5.41) is 0. The van der Waals surface area contributed by atoms with Gasteiger partial charge in [-0.25, -0.2) is 13.1 Å². The van der Waals surface area contributed by atoms with Crippen LogP contribution in [0, 0.1) is 0 Å². The molecule has 0 spiro atoms. The van der Waals surface area contributed by atoms with Crippen LogP contribution in [0.5, 0.6) is 0 Å². The van der Waals surface area contributed by atoms with Gasteiger partial charge in [-0.1, -0.05) is 11.3 Å². The monoisotopic (exact) mass is 384 g/mol. The minimum atomic E-state index is -3.58. The average molecular weight is 385 g/mol. The standard InChI is InChI=1S/C15H16N2O4S3/c1-17-13-5-4-12(9-14(13)23-15(17)18)24(19,20)16-6-8-22-10-11-3-2-7-21-11/h2-5,7,9,16H,6,8,10H2,1H3. The smallest absolute Gasteiger partial charge is 0.307 e. The van der Waals surface area contributed by atoms with Crippen LogP contribution in [0.2, 0.25) is 0 Å². The van der Waals surface area contributed by atoms with Crippen molar-refractivity contribution in [2.24, 2.45) is 7.05 Å². The second-order valence-electron chi connectivity index (χ2n) is 5.09. The predicted molar refractivity (Wildman–Crippen MR) is 97.1 cm³/mol. The summed E-state index contributed by atoms with van der Waals surface area (Å²) >= 11 is 2.63. The van der Waals surface area contributed by atoms with E-state index in [1.165, 1.54) is 10.6 Å². The number of sulfonamides is 1. The molecule has 0 saturated carbocycles. The van der Waals surface area contributed by atoms with E-state index in [4.69, 9.17) is 4.42 Å². The van der Waals surface area contributed by atoms with Crippen molar-refractivity contribution in [3.8, 4) is 0 Å². The van der Waals surface area contributed by atoms with Crippen LogP contribution in [-0.2, 0) is 22.8 Å². The summed E-state index contributed by atoms with van der Waals surface area (Å²) in [7, 11) is -1.91. The van der Waals surface area contributed by atoms with Gasteiger partial charge in [-0.3, -0.25) is 4.79 Å². The zero-order valence-corrected chi connectivity index (χ0v) is 15.3. The molecule has 6 nitrogen and oxygen atoms in total. The van der Waals surface area contributed by atoms with Gasteiger partial charge in [0.15, 0.2) is 0 Å². The quantitative estimate of drug-likeness (QED) is 0.633. The lowest BCUT2D eigenvalue weighted by molar-refractivity contribution is 0.530. The van der Waals surface area contributed by atoms with Crippen LogP contribution in [0.15, 0.2) is 50.7 Å². The van der Waals surface area contributed by atoms with E-state index in [9.17, 15) is 13.2 Å². The summed E-state index contributed by atoms with van der Waals surface area (Å²) in [6.07, 6.45) is 1.62. The Morgan fingerprint density at radius 3 is 2.92 bits per heavy atom. The summed E-state index contributed by atoms with van der Waals surface area (Å²) in [5.41, 5.74) is 0.734. The zero-order valence-electron chi connectivity index (χ0n) is 12.9. The molecule has 0 atom stereocenters. The van der Waals surface area contributed by atoms with Crippen molar-refractivity contribution in [3.05, 3.63) is 52.0 Å². The second kappa shape index (κ2) is 7.14. The molecule has 1 N–H and O–H groups in total. The molecule has 0 fully saturated rings. The van der Waals surface area contributed by atoms with E-state index in [1.807, 2.05) is 12.1 Å². The Morgan fingerprint density at radius 1 is 1.33 bits per heavy atom. The van der Waals surface area contributed by atoms with E-state index in [0.717, 1.165) is 22.6 Å². The molecule has 0 radical (unpaired) electrons. The molecular weight excluding hydrogens is 368 g/mol. The molecular formula is C15H16N2O4S3. The molecule has 24 heavy (non-hydrogen) atoms. The molecule has 0 saturated heterocycles. The molecule has 128 valence electrons. The van der Waals surface area contributed by atoms with E-state index < -0.39 is 10.0 Å². The minimum absolute atomic E-state index is 0.109. The van der Waals surface area contributed by atoms with Crippen LogP contribution in [0.4, 0.5) is 0 Å². The third-order valence-corrected chi connectivity index (χ3v) is 6.87. The predicted octanol–water partition coefficient (Wildman–Crippen LogP) is 2.40. The number of rotatable bonds is 7. The van der Waals surface area contributed by atoms with E-state index in [0.29, 0.717) is 22.8 Å². The summed E-state index contributed by atoms with van der Waals surface area (Å²) in [4.78, 5) is 11.7. The summed E-state index contributed by atoms with van der Waals surface area (Å²) in [5.74, 6) is 2.21. The number of fused-ring (bicyclic) bond motifs is 1. The molecule has 1 aromatic carbocycles. The van der Waals surface area contributed by atoms with Crippen LogP contribution in [-0.4, -0.2) is 25.3 Å². The van der Waals surface area contributed by atoms with Crippen molar-refractivity contribution in [2.45, 2.75) is 10.6 Å². The number of nitrogens with zero attached hydrogens (tertiary/aromatic N) is 1. The molecule has 0 aliphatic carbocycles. The highest BCUT2D eigenvalue weighted by atomic mass is 32.2. The first-order valence-corrected chi connectivity index (χ1v) is 10.6. The lowest BCUT2D eigenvalue weighted by Gasteiger charge is -2.06. The van der Waals surface area contributed by atoms with Gasteiger partial charge >= 0.3 is 4.87 Å². The number of furan rings is 1. The van der Waals surface area contributed by atoms with E-state index in [-0.39, 0.29) is 9.77 Å². The minimum Gasteiger partial charge on any atom is -0.468 e. The number of aromatic nitrogens is 1. The number of hydrogen-bond acceptors (Lipinski definition) is 6. The molecule has 2 aromatic heterocycles. The van der Waals surface area contributed by atoms with Crippen LogP contribution in [0.1, 0.15) is 5.76 Å². The third kappa shape index (κ3) is 3.75. The van der Waals surface area contributed by atoms with Gasteiger partial charge in [0.1, 0.15) is 5.76 Å². The highest BCUT2D eigenvalue weighted by Gasteiger charge is 2.15. The van der Waals surface area contributed by atoms with Gasteiger partial charge in [-0.05, 0) is 30.3 Å². The van der Waals surface area contributed by atoms with Crippen molar-refractivity contribution in [2.75, 3.05) is 12.3 Å². The van der Waals surface area contributed by atoms with Crippen LogP contribution < -0.4 is 9.60 Å². The first kappa shape index (κ1) is 17.3. The number of thioether (sulfide) groups is 1. The van der Waals surface area contributed by atoms with Crippen LogP contribution in [0.25, 0.3) is 10.2 Å². The van der Waals surface area contributed by atoms with Crippen molar-refractivity contribution in [3.63, 3.8) is 0 Å². The van der Waals surface area contributed by atoms with Gasteiger partial charge in [-0.2, -0.15) is 11.8 Å². The Kier molecular flexibility index (Phi) is 5.14. The van der Waals surface area contributed by atoms with Gasteiger partial charge in [-0.15, -0.1) is 0 Å². The Labute approximate surface area is 147 Å². The lowest BCUT2D eigenvalue weighted by Crippen LogP contribution is -2.26. The van der Waals surface area contributed by atoms with Gasteiger partial charge in [0.25, 0.3) is 0 Å². The van der Waals surface area contributed by atoms with E-state index >= 15 is 0 Å². The molecule has 2 heterocycles. The maximum Gasteiger partial charge on any atom is 0.307 e. The SMILES string of the molecule is Cn1c(=O)sc2cc(S(=O)(=O)NCCSCc3ccco3)ccc21. The first-order valence-electron chi connectivity index (χ1n) is 7.17. The number of nitrogens with one attached hydrogen (secondary N) is 1. The van der Waals surface area contributed by atoms with Crippen molar-refractivity contribution < 1.29 is 12.8 Å². The molecule has 0 bridgehead atoms. The maximum atomic E-state index is 12.3. The van der Waals surface area contributed by atoms with Crippen LogP contribution in [0.3, 0.4) is 0 Å². The topological polar surface area (TPSA) is 81.3 Å². The molecule has 3 rings (SSSR count). The largest absolute Gasteiger partial charge is 0.468 e. The zero-order chi connectivity index (χ0) is 17.2. The van der Waals surface area contributed by atoms with E-state index in [1.54, 1.807) is 37.2 Å². The summed E-state index contributed by atoms with van der Waals surface area (Å²) in [6, 6.07) is 8.43. The normalized spacial score (nSPS) is 12.0. The first-order chi connectivity index (χ1) is 11.5. The van der Waals surface area contributed by atoms with E-state index in [2.05, 4.69) is 4.72 Å². The van der Waals surface area contributed by atoms with Crippen molar-refractivity contribution in [1.82, 2.24) is 9.29 Å². The Bertz CT molecular complexity index is 988. The van der Waals surface area contributed by atoms with Gasteiger partial charge < -0.3 is 8.98 Å². The maximum absolute atomic E-state index is 12.3. The fraction of sp³-hybridized carbons (Fsp3) is 0.267. The molecule has 0 unspecified atom stereocenters. The molecule has 3 aromatic rings. The summed E-state index contributed by atoms with van der Waals surface area (Å²) in [6.45, 7) is 0.330. The van der Waals surface area contributed by atoms with Crippen molar-refractivity contribution in [1.29, 1.82) is 0 Å². The van der Waals surface area contributed by atoms with Crippen molar-refractivity contribution >= 4 is 43.3 Å². The highest BCUT2D eigenvalue weighted by molar-refractivity contribution is 7.98.